The molecule has 1 rings (SSSR count). The van der Waals surface area contributed by atoms with E-state index in [1.165, 1.54) is 0 Å². The molecule has 1 aromatic carbocycles. The normalized spacial score (nSPS) is 9.65. The molecule has 0 aliphatic rings. The van der Waals surface area contributed by atoms with Crippen molar-refractivity contribution in [1.82, 2.24) is 4.90 Å². The lowest BCUT2D eigenvalue weighted by atomic mass is 10.2. The summed E-state index contributed by atoms with van der Waals surface area (Å²) in [6, 6.07) is 11.3. The summed E-state index contributed by atoms with van der Waals surface area (Å²) in [5.41, 5.74) is 0.598. The zero-order chi connectivity index (χ0) is 12.5. The predicted octanol–water partition coefficient (Wildman–Crippen LogP) is 1.78. The fourth-order valence-electron chi connectivity index (χ4n) is 1.33. The van der Waals surface area contributed by atoms with Crippen LogP contribution in [0.4, 0.5) is 0 Å². The van der Waals surface area contributed by atoms with Crippen LogP contribution in [0.25, 0.3) is 0 Å². The first-order chi connectivity index (χ1) is 8.26. The second-order valence-corrected chi connectivity index (χ2v) is 3.70. The summed E-state index contributed by atoms with van der Waals surface area (Å²) in [6.07, 6.45) is 0.528. The average molecular weight is 229 g/mol. The standard InChI is InChI=1S/C13H15N3O/c1-16(7-3-6-14)8-9-17-13-5-2-4-12(10-13)11-15/h2,4-5,10H,3,7-9H2,1H3. The molecule has 88 valence electrons. The average Bonchev–Trinajstić information content (AvgIpc) is 2.36. The topological polar surface area (TPSA) is 60.1 Å². The van der Waals surface area contributed by atoms with E-state index in [1.807, 2.05) is 18.0 Å². The lowest BCUT2D eigenvalue weighted by Gasteiger charge is -2.15. The molecule has 4 heteroatoms. The summed E-state index contributed by atoms with van der Waals surface area (Å²) in [5, 5.41) is 17.2. The molecule has 0 N–H and O–H groups in total. The summed E-state index contributed by atoms with van der Waals surface area (Å²) in [7, 11) is 1.95. The molecule has 0 fully saturated rings. The number of ether oxygens (including phenoxy) is 1. The van der Waals surface area contributed by atoms with Crippen molar-refractivity contribution >= 4 is 0 Å². The second-order valence-electron chi connectivity index (χ2n) is 3.70. The maximum atomic E-state index is 8.73. The van der Waals surface area contributed by atoms with Crippen LogP contribution in [0.2, 0.25) is 0 Å². The van der Waals surface area contributed by atoms with Gasteiger partial charge >= 0.3 is 0 Å². The van der Waals surface area contributed by atoms with Gasteiger partial charge in [0.2, 0.25) is 0 Å². The molecule has 0 spiro atoms. The Morgan fingerprint density at radius 3 is 2.82 bits per heavy atom. The van der Waals surface area contributed by atoms with E-state index in [2.05, 4.69) is 12.1 Å². The third-order valence-electron chi connectivity index (χ3n) is 2.31. The Bertz CT molecular complexity index is 431. The van der Waals surface area contributed by atoms with Gasteiger partial charge < -0.3 is 9.64 Å². The number of nitriles is 2. The number of nitrogens with zero attached hydrogens (tertiary/aromatic N) is 3. The molecule has 0 bridgehead atoms. The maximum Gasteiger partial charge on any atom is 0.120 e. The number of rotatable bonds is 6. The van der Waals surface area contributed by atoms with Gasteiger partial charge in [-0.2, -0.15) is 10.5 Å². The lowest BCUT2D eigenvalue weighted by Crippen LogP contribution is -2.25. The maximum absolute atomic E-state index is 8.73. The highest BCUT2D eigenvalue weighted by molar-refractivity contribution is 5.36. The van der Waals surface area contributed by atoms with Gasteiger partial charge in [0.25, 0.3) is 0 Å². The van der Waals surface area contributed by atoms with Crippen molar-refractivity contribution in [3.63, 3.8) is 0 Å². The van der Waals surface area contributed by atoms with E-state index >= 15 is 0 Å². The predicted molar refractivity (Wildman–Crippen MR) is 64.4 cm³/mol. The van der Waals surface area contributed by atoms with Crippen LogP contribution in [0.5, 0.6) is 5.75 Å². The summed E-state index contributed by atoms with van der Waals surface area (Å²) < 4.78 is 5.52. The molecule has 1 aromatic rings. The van der Waals surface area contributed by atoms with E-state index in [1.54, 1.807) is 18.2 Å². The van der Waals surface area contributed by atoms with Gasteiger partial charge in [0.05, 0.1) is 17.7 Å². The molecular weight excluding hydrogens is 214 g/mol. The highest BCUT2D eigenvalue weighted by Crippen LogP contribution is 2.12. The van der Waals surface area contributed by atoms with E-state index < -0.39 is 0 Å². The molecular formula is C13H15N3O. The van der Waals surface area contributed by atoms with Gasteiger partial charge in [0.15, 0.2) is 0 Å². The Hall–Kier alpha value is -2.04. The summed E-state index contributed by atoms with van der Waals surface area (Å²) >= 11 is 0. The minimum Gasteiger partial charge on any atom is -0.492 e. The molecule has 0 amide bonds. The number of likely N-dealkylation sites (N-methyl/N-ethyl adjacent to an activating group) is 1. The Kier molecular flexibility index (Phi) is 5.57. The molecule has 17 heavy (non-hydrogen) atoms. The second kappa shape index (κ2) is 7.27. The van der Waals surface area contributed by atoms with Gasteiger partial charge in [-0.15, -0.1) is 0 Å². The fraction of sp³-hybridized carbons (Fsp3) is 0.385. The van der Waals surface area contributed by atoms with Gasteiger partial charge in [-0.3, -0.25) is 0 Å². The van der Waals surface area contributed by atoms with Crippen LogP contribution in [-0.4, -0.2) is 31.6 Å². The minimum absolute atomic E-state index is 0.528. The molecule has 0 atom stereocenters. The van der Waals surface area contributed by atoms with Gasteiger partial charge in [-0.05, 0) is 25.2 Å². The molecule has 0 aliphatic carbocycles. The van der Waals surface area contributed by atoms with Crippen molar-refractivity contribution in [1.29, 1.82) is 10.5 Å². The van der Waals surface area contributed by atoms with Crippen molar-refractivity contribution in [2.24, 2.45) is 0 Å². The zero-order valence-corrected chi connectivity index (χ0v) is 9.89. The summed E-state index contributed by atoms with van der Waals surface area (Å²) in [6.45, 7) is 2.06. The van der Waals surface area contributed by atoms with Crippen molar-refractivity contribution in [2.75, 3.05) is 26.7 Å². The van der Waals surface area contributed by atoms with Crippen LogP contribution in [0.15, 0.2) is 24.3 Å². The van der Waals surface area contributed by atoms with Crippen LogP contribution >= 0.6 is 0 Å². The largest absolute Gasteiger partial charge is 0.492 e. The van der Waals surface area contributed by atoms with Gasteiger partial charge in [0.1, 0.15) is 12.4 Å². The van der Waals surface area contributed by atoms with E-state index in [0.717, 1.165) is 13.1 Å². The zero-order valence-electron chi connectivity index (χ0n) is 9.89. The van der Waals surface area contributed by atoms with Crippen molar-refractivity contribution in [2.45, 2.75) is 6.42 Å². The van der Waals surface area contributed by atoms with E-state index in [-0.39, 0.29) is 0 Å². The summed E-state index contributed by atoms with van der Waals surface area (Å²) in [5.74, 6) is 0.706. The molecule has 0 aromatic heterocycles. The van der Waals surface area contributed by atoms with Crippen molar-refractivity contribution < 1.29 is 4.74 Å². The highest BCUT2D eigenvalue weighted by Gasteiger charge is 1.99. The third-order valence-corrected chi connectivity index (χ3v) is 2.31. The van der Waals surface area contributed by atoms with Gasteiger partial charge in [-0.25, -0.2) is 0 Å². The Balaban J connectivity index is 2.31. The quantitative estimate of drug-likeness (QED) is 0.746. The van der Waals surface area contributed by atoms with Crippen LogP contribution in [0.1, 0.15) is 12.0 Å². The van der Waals surface area contributed by atoms with Crippen LogP contribution in [0, 0.1) is 22.7 Å². The summed E-state index contributed by atoms with van der Waals surface area (Å²) in [4.78, 5) is 2.04. The van der Waals surface area contributed by atoms with Crippen LogP contribution in [-0.2, 0) is 0 Å². The first-order valence-electron chi connectivity index (χ1n) is 5.44. The third kappa shape index (κ3) is 5.01. The monoisotopic (exact) mass is 229 g/mol. The van der Waals surface area contributed by atoms with Crippen LogP contribution in [0.3, 0.4) is 0 Å². The molecule has 0 radical (unpaired) electrons. The molecule has 0 saturated heterocycles. The fourth-order valence-corrected chi connectivity index (χ4v) is 1.33. The van der Waals surface area contributed by atoms with Crippen molar-refractivity contribution in [3.05, 3.63) is 29.8 Å². The number of hydrogen-bond donors (Lipinski definition) is 0. The lowest BCUT2D eigenvalue weighted by molar-refractivity contribution is 0.240. The van der Waals surface area contributed by atoms with E-state index in [0.29, 0.717) is 24.3 Å². The smallest absolute Gasteiger partial charge is 0.120 e. The Morgan fingerprint density at radius 2 is 2.12 bits per heavy atom. The highest BCUT2D eigenvalue weighted by atomic mass is 16.5. The van der Waals surface area contributed by atoms with Crippen LogP contribution < -0.4 is 4.74 Å². The minimum atomic E-state index is 0.528. The van der Waals surface area contributed by atoms with Gasteiger partial charge in [-0.1, -0.05) is 6.07 Å². The van der Waals surface area contributed by atoms with E-state index in [9.17, 15) is 0 Å². The van der Waals surface area contributed by atoms with Gasteiger partial charge in [0, 0.05) is 19.5 Å². The Morgan fingerprint density at radius 1 is 1.29 bits per heavy atom. The number of benzene rings is 1. The number of hydrogen-bond acceptors (Lipinski definition) is 4. The van der Waals surface area contributed by atoms with Crippen molar-refractivity contribution in [3.8, 4) is 17.9 Å². The molecule has 4 nitrogen and oxygen atoms in total. The van der Waals surface area contributed by atoms with E-state index in [4.69, 9.17) is 15.3 Å². The first-order valence-corrected chi connectivity index (χ1v) is 5.44. The molecule has 0 saturated carbocycles. The first kappa shape index (κ1) is 13.0. The Labute approximate surface area is 102 Å². The molecule has 0 heterocycles. The SMILES string of the molecule is CN(CCC#N)CCOc1cccc(C#N)c1. The molecule has 0 aliphatic heterocycles. The molecule has 0 unspecified atom stereocenters.